The van der Waals surface area contributed by atoms with Gasteiger partial charge in [0, 0.05) is 21.4 Å². The molecule has 0 unspecified atom stereocenters. The average molecular weight is 701 g/mol. The van der Waals surface area contributed by atoms with Crippen LogP contribution in [-0.2, 0) is 9.53 Å². The van der Waals surface area contributed by atoms with E-state index >= 15 is 0 Å². The highest BCUT2D eigenvalue weighted by Gasteiger charge is 2.19. The zero-order chi connectivity index (χ0) is 34.4. The highest BCUT2D eigenvalue weighted by Crippen LogP contribution is 2.41. The summed E-state index contributed by atoms with van der Waals surface area (Å²) < 4.78 is 25.9. The van der Waals surface area contributed by atoms with Crippen LogP contribution in [0.15, 0.2) is 72.8 Å². The van der Waals surface area contributed by atoms with Crippen LogP contribution in [-0.4, -0.2) is 31.3 Å². The van der Waals surface area contributed by atoms with E-state index < -0.39 is 12.1 Å². The Morgan fingerprint density at radius 3 is 1.90 bits per heavy atom. The SMILES string of the molecule is CCCCCCCCCOc1ccc(-c2ccc(OC(=O)c3cc4sc5cc(OC(=O)[C@H](C)OCCCCCC)ccc5c4s3)cc2)cc1. The van der Waals surface area contributed by atoms with Crippen molar-refractivity contribution in [3.05, 3.63) is 77.7 Å². The van der Waals surface area contributed by atoms with Crippen molar-refractivity contribution in [1.29, 1.82) is 0 Å². The smallest absolute Gasteiger partial charge is 0.353 e. The Balaban J connectivity index is 1.10. The number of benzene rings is 3. The number of fused-ring (bicyclic) bond motifs is 3. The topological polar surface area (TPSA) is 71.1 Å². The average Bonchev–Trinajstić information content (AvgIpc) is 3.68. The minimum absolute atomic E-state index is 0.383. The second kappa shape index (κ2) is 18.9. The predicted molar refractivity (Wildman–Crippen MR) is 203 cm³/mol. The lowest BCUT2D eigenvalue weighted by Crippen LogP contribution is -2.26. The van der Waals surface area contributed by atoms with Crippen LogP contribution < -0.4 is 14.2 Å². The zero-order valence-electron chi connectivity index (χ0n) is 29.0. The second-order valence-electron chi connectivity index (χ2n) is 12.5. The first-order valence-electron chi connectivity index (χ1n) is 17.8. The molecule has 0 N–H and O–H groups in total. The van der Waals surface area contributed by atoms with Gasteiger partial charge in [-0.1, -0.05) is 95.9 Å². The molecule has 0 aliphatic heterocycles. The summed E-state index contributed by atoms with van der Waals surface area (Å²) in [6, 6.07) is 23.2. The van der Waals surface area contributed by atoms with Crippen LogP contribution in [0.25, 0.3) is 30.6 Å². The molecule has 0 radical (unpaired) electrons. The number of hydrogen-bond donors (Lipinski definition) is 0. The number of thiophene rings is 2. The molecule has 0 aliphatic rings. The monoisotopic (exact) mass is 700 g/mol. The fourth-order valence-electron chi connectivity index (χ4n) is 5.62. The van der Waals surface area contributed by atoms with Crippen molar-refractivity contribution in [2.24, 2.45) is 0 Å². The van der Waals surface area contributed by atoms with E-state index in [0.29, 0.717) is 23.0 Å². The van der Waals surface area contributed by atoms with E-state index in [1.54, 1.807) is 24.3 Å². The zero-order valence-corrected chi connectivity index (χ0v) is 30.6. The molecule has 8 heteroatoms. The molecule has 0 bridgehead atoms. The van der Waals surface area contributed by atoms with E-state index in [1.807, 2.05) is 54.6 Å². The van der Waals surface area contributed by atoms with E-state index in [4.69, 9.17) is 18.9 Å². The van der Waals surface area contributed by atoms with Gasteiger partial charge in [0.05, 0.1) is 11.3 Å². The quantitative estimate of drug-likeness (QED) is 0.0457. The highest BCUT2D eigenvalue weighted by molar-refractivity contribution is 7.33. The van der Waals surface area contributed by atoms with Gasteiger partial charge in [0.15, 0.2) is 6.10 Å². The first-order chi connectivity index (χ1) is 23.9. The molecule has 3 aromatic carbocycles. The van der Waals surface area contributed by atoms with Gasteiger partial charge >= 0.3 is 11.9 Å². The molecule has 260 valence electrons. The molecule has 2 heterocycles. The predicted octanol–water partition coefficient (Wildman–Crippen LogP) is 12.0. The van der Waals surface area contributed by atoms with Crippen LogP contribution in [0.4, 0.5) is 0 Å². The molecule has 6 nitrogen and oxygen atoms in total. The summed E-state index contributed by atoms with van der Waals surface area (Å²) in [6.07, 6.45) is 12.6. The molecular formula is C41H48O6S2. The Kier molecular flexibility index (Phi) is 14.1. The molecular weight excluding hydrogens is 653 g/mol. The Morgan fingerprint density at radius 2 is 1.20 bits per heavy atom. The first-order valence-corrected chi connectivity index (χ1v) is 19.4. The van der Waals surface area contributed by atoms with Gasteiger partial charge in [-0.05, 0) is 79.4 Å². The Bertz CT molecular complexity index is 1770. The van der Waals surface area contributed by atoms with E-state index in [-0.39, 0.29) is 5.97 Å². The van der Waals surface area contributed by atoms with Crippen LogP contribution in [0.1, 0.15) is 101 Å². The van der Waals surface area contributed by atoms with Crippen LogP contribution in [0.5, 0.6) is 17.2 Å². The third kappa shape index (κ3) is 10.6. The molecule has 0 amide bonds. The molecule has 2 aromatic heterocycles. The number of rotatable bonds is 20. The molecule has 0 spiro atoms. The van der Waals surface area contributed by atoms with E-state index in [0.717, 1.165) is 68.7 Å². The van der Waals surface area contributed by atoms with Gasteiger partial charge in [-0.25, -0.2) is 9.59 Å². The van der Waals surface area contributed by atoms with Crippen molar-refractivity contribution in [2.75, 3.05) is 13.2 Å². The maximum absolute atomic E-state index is 13.1. The van der Waals surface area contributed by atoms with Crippen molar-refractivity contribution < 1.29 is 28.5 Å². The maximum atomic E-state index is 13.1. The molecule has 5 aromatic rings. The Hall–Kier alpha value is -3.72. The van der Waals surface area contributed by atoms with E-state index in [9.17, 15) is 9.59 Å². The third-order valence-electron chi connectivity index (χ3n) is 8.50. The lowest BCUT2D eigenvalue weighted by molar-refractivity contribution is -0.146. The lowest BCUT2D eigenvalue weighted by atomic mass is 10.1. The van der Waals surface area contributed by atoms with E-state index in [1.165, 1.54) is 56.3 Å². The van der Waals surface area contributed by atoms with Gasteiger partial charge in [-0.2, -0.15) is 0 Å². The molecule has 49 heavy (non-hydrogen) atoms. The largest absolute Gasteiger partial charge is 0.494 e. The highest BCUT2D eigenvalue weighted by atomic mass is 32.1. The number of unbranched alkanes of at least 4 members (excludes halogenated alkanes) is 9. The summed E-state index contributed by atoms with van der Waals surface area (Å²) >= 11 is 2.97. The van der Waals surface area contributed by atoms with Crippen molar-refractivity contribution in [1.82, 2.24) is 0 Å². The third-order valence-corrected chi connectivity index (χ3v) is 10.9. The van der Waals surface area contributed by atoms with Gasteiger partial charge in [0.2, 0.25) is 0 Å². The second-order valence-corrected chi connectivity index (χ2v) is 14.6. The van der Waals surface area contributed by atoms with E-state index in [2.05, 4.69) is 26.0 Å². The lowest BCUT2D eigenvalue weighted by Gasteiger charge is -2.12. The van der Waals surface area contributed by atoms with Gasteiger partial charge < -0.3 is 18.9 Å². The van der Waals surface area contributed by atoms with Crippen LogP contribution in [0, 0.1) is 0 Å². The number of ether oxygens (including phenoxy) is 4. The fraction of sp³-hybridized carbons (Fsp3) is 0.415. The summed E-state index contributed by atoms with van der Waals surface area (Å²) in [6.45, 7) is 7.44. The minimum Gasteiger partial charge on any atom is -0.494 e. The summed E-state index contributed by atoms with van der Waals surface area (Å²) in [5.74, 6) is 1.08. The molecule has 5 rings (SSSR count). The number of esters is 2. The summed E-state index contributed by atoms with van der Waals surface area (Å²) in [5.41, 5.74) is 2.11. The van der Waals surface area contributed by atoms with Gasteiger partial charge in [-0.3, -0.25) is 0 Å². The standard InChI is InChI=1S/C41H48O6S2/c1-4-6-8-10-11-12-14-26-45-32-19-15-30(16-20-32)31-17-21-33(22-18-31)46-41(43)38-28-37-39(49-38)35-24-23-34(27-36(35)48-37)47-40(42)29(3)44-25-13-9-7-5-2/h15-24,27-29H,4-14,25-26H2,1-3H3/t29-/m0/s1. The van der Waals surface area contributed by atoms with Crippen LogP contribution >= 0.6 is 22.7 Å². The molecule has 0 saturated carbocycles. The number of carbonyl (C=O) groups excluding carboxylic acids is 2. The van der Waals surface area contributed by atoms with Crippen molar-refractivity contribution in [2.45, 2.75) is 97.5 Å². The van der Waals surface area contributed by atoms with Gasteiger partial charge in [-0.15, -0.1) is 22.7 Å². The van der Waals surface area contributed by atoms with Crippen LogP contribution in [0.3, 0.4) is 0 Å². The minimum atomic E-state index is -0.621. The number of carbonyl (C=O) groups is 2. The summed E-state index contributed by atoms with van der Waals surface area (Å²) in [7, 11) is 0. The Morgan fingerprint density at radius 1 is 0.612 bits per heavy atom. The molecule has 0 saturated heterocycles. The number of hydrogen-bond acceptors (Lipinski definition) is 8. The first kappa shape index (κ1) is 36.6. The normalized spacial score (nSPS) is 12.0. The maximum Gasteiger partial charge on any atom is 0.353 e. The van der Waals surface area contributed by atoms with Gasteiger partial charge in [0.25, 0.3) is 0 Å². The van der Waals surface area contributed by atoms with Crippen molar-refractivity contribution in [3.63, 3.8) is 0 Å². The summed E-state index contributed by atoms with van der Waals surface area (Å²) in [5, 5.41) is 1.02. The van der Waals surface area contributed by atoms with Gasteiger partial charge in [0.1, 0.15) is 22.1 Å². The molecule has 0 aliphatic carbocycles. The van der Waals surface area contributed by atoms with Crippen LogP contribution in [0.2, 0.25) is 0 Å². The Labute approximate surface area is 298 Å². The molecule has 1 atom stereocenters. The fourth-order valence-corrected chi connectivity index (χ4v) is 8.05. The van der Waals surface area contributed by atoms with Crippen molar-refractivity contribution in [3.8, 4) is 28.4 Å². The van der Waals surface area contributed by atoms with Crippen molar-refractivity contribution >= 4 is 54.1 Å². The summed E-state index contributed by atoms with van der Waals surface area (Å²) in [4.78, 5) is 26.2. The molecule has 0 fully saturated rings.